The Balaban J connectivity index is 1.39. The van der Waals surface area contributed by atoms with Gasteiger partial charge in [-0.2, -0.15) is 0 Å². The molecule has 2 N–H and O–H groups in total. The number of likely N-dealkylation sites (tertiary alicyclic amines) is 1. The van der Waals surface area contributed by atoms with Crippen LogP contribution in [0.1, 0.15) is 19.3 Å². The Labute approximate surface area is 152 Å². The molecule has 0 aliphatic carbocycles. The fraction of sp³-hybridized carbons (Fsp3) is 0.611. The molecule has 2 amide bonds. The molecule has 2 saturated heterocycles. The summed E-state index contributed by atoms with van der Waals surface area (Å²) in [4.78, 5) is 16.8. The van der Waals surface area contributed by atoms with E-state index in [-0.39, 0.29) is 12.1 Å². The van der Waals surface area contributed by atoms with Crippen LogP contribution < -0.4 is 15.5 Å². The van der Waals surface area contributed by atoms with Crippen molar-refractivity contribution in [2.45, 2.75) is 25.3 Å². The van der Waals surface area contributed by atoms with E-state index in [0.717, 1.165) is 56.5 Å². The Morgan fingerprint density at radius 3 is 2.75 bits per heavy atom. The smallest absolute Gasteiger partial charge is 0.315 e. The highest BCUT2D eigenvalue weighted by Gasteiger charge is 2.24. The molecule has 2 fully saturated rings. The summed E-state index contributed by atoms with van der Waals surface area (Å²) in [5.74, 6) is 0.522. The zero-order chi connectivity index (χ0) is 16.9. The normalized spacial score (nSPS) is 24.8. The van der Waals surface area contributed by atoms with Crippen molar-refractivity contribution in [1.29, 1.82) is 0 Å². The van der Waals surface area contributed by atoms with Gasteiger partial charge in [0.1, 0.15) is 0 Å². The van der Waals surface area contributed by atoms with Gasteiger partial charge in [-0.15, -0.1) is 0 Å². The van der Waals surface area contributed by atoms with Crippen LogP contribution in [0.5, 0.6) is 0 Å². The largest absolute Gasteiger partial charge is 0.371 e. The summed E-state index contributed by atoms with van der Waals surface area (Å²) in [5.41, 5.74) is 1.26. The number of carbonyl (C=O) groups excluding carboxylic acids is 1. The average molecular weight is 395 g/mol. The maximum absolute atomic E-state index is 12.1. The van der Waals surface area contributed by atoms with Crippen molar-refractivity contribution in [2.24, 2.45) is 5.92 Å². The molecule has 5 nitrogen and oxygen atoms in total. The first kappa shape index (κ1) is 17.5. The van der Waals surface area contributed by atoms with E-state index in [1.807, 2.05) is 0 Å². The van der Waals surface area contributed by atoms with Gasteiger partial charge in [-0.1, -0.05) is 15.9 Å². The summed E-state index contributed by atoms with van der Waals surface area (Å²) in [5, 5.41) is 6.18. The molecule has 24 heavy (non-hydrogen) atoms. The van der Waals surface area contributed by atoms with E-state index in [0.29, 0.717) is 5.92 Å². The van der Waals surface area contributed by atoms with Crippen molar-refractivity contribution in [3.05, 3.63) is 28.7 Å². The summed E-state index contributed by atoms with van der Waals surface area (Å²) in [7, 11) is 2.11. The van der Waals surface area contributed by atoms with E-state index in [1.165, 1.54) is 5.69 Å². The van der Waals surface area contributed by atoms with Gasteiger partial charge in [0.25, 0.3) is 0 Å². The summed E-state index contributed by atoms with van der Waals surface area (Å²) >= 11 is 3.48. The molecule has 132 valence electrons. The van der Waals surface area contributed by atoms with Crippen LogP contribution in [-0.4, -0.2) is 56.7 Å². The standard InChI is InChI=1S/C18H27BrN4O/c1-22-9-2-3-16(13-22)21-18(24)20-11-14-8-10-23(12-14)17-6-4-15(19)5-7-17/h4-7,14,16H,2-3,8-13H2,1H3,(H2,20,21,24)/t14-,16+/m0/s1. The predicted octanol–water partition coefficient (Wildman–Crippen LogP) is 2.67. The molecule has 0 bridgehead atoms. The van der Waals surface area contributed by atoms with Gasteiger partial charge in [0, 0.05) is 42.4 Å². The van der Waals surface area contributed by atoms with Gasteiger partial charge in [0.05, 0.1) is 0 Å². The Kier molecular flexibility index (Phi) is 6.00. The number of anilines is 1. The van der Waals surface area contributed by atoms with E-state index in [4.69, 9.17) is 0 Å². The molecule has 2 aliphatic rings. The number of amides is 2. The Hall–Kier alpha value is -1.27. The molecule has 2 atom stereocenters. The van der Waals surface area contributed by atoms with Crippen LogP contribution >= 0.6 is 15.9 Å². The molecule has 2 aliphatic heterocycles. The highest BCUT2D eigenvalue weighted by molar-refractivity contribution is 9.10. The second-order valence-corrected chi connectivity index (χ2v) is 7.95. The number of hydrogen-bond donors (Lipinski definition) is 2. The molecule has 2 heterocycles. The summed E-state index contributed by atoms with van der Waals surface area (Å²) in [6.07, 6.45) is 3.37. The predicted molar refractivity (Wildman–Crippen MR) is 102 cm³/mol. The fourth-order valence-corrected chi connectivity index (χ4v) is 3.91. The Morgan fingerprint density at radius 1 is 1.21 bits per heavy atom. The van der Waals surface area contributed by atoms with Gasteiger partial charge < -0.3 is 20.4 Å². The third-order valence-corrected chi connectivity index (χ3v) is 5.52. The van der Waals surface area contributed by atoms with Crippen molar-refractivity contribution in [1.82, 2.24) is 15.5 Å². The zero-order valence-electron chi connectivity index (χ0n) is 14.3. The van der Waals surface area contributed by atoms with Crippen molar-refractivity contribution < 1.29 is 4.79 Å². The van der Waals surface area contributed by atoms with Crippen molar-refractivity contribution >= 4 is 27.6 Å². The van der Waals surface area contributed by atoms with Crippen LogP contribution in [0.4, 0.5) is 10.5 Å². The van der Waals surface area contributed by atoms with Crippen LogP contribution in [0, 0.1) is 5.92 Å². The quantitative estimate of drug-likeness (QED) is 0.824. The lowest BCUT2D eigenvalue weighted by Crippen LogP contribution is -2.50. The van der Waals surface area contributed by atoms with Gasteiger partial charge in [0.2, 0.25) is 0 Å². The SMILES string of the molecule is CN1CCC[C@@H](NC(=O)NC[C@@H]2CCN(c3ccc(Br)cc3)C2)C1. The molecule has 0 unspecified atom stereocenters. The molecule has 6 heteroatoms. The third kappa shape index (κ3) is 4.86. The van der Waals surface area contributed by atoms with Crippen LogP contribution in [0.3, 0.4) is 0 Å². The number of nitrogens with zero attached hydrogens (tertiary/aromatic N) is 2. The first-order valence-corrected chi connectivity index (χ1v) is 9.63. The molecule has 0 spiro atoms. The highest BCUT2D eigenvalue weighted by atomic mass is 79.9. The summed E-state index contributed by atoms with van der Waals surface area (Å²) < 4.78 is 1.11. The lowest BCUT2D eigenvalue weighted by Gasteiger charge is -2.30. The minimum Gasteiger partial charge on any atom is -0.371 e. The molecular weight excluding hydrogens is 368 g/mol. The number of hydrogen-bond acceptors (Lipinski definition) is 3. The minimum atomic E-state index is -0.0163. The zero-order valence-corrected chi connectivity index (χ0v) is 15.9. The van der Waals surface area contributed by atoms with Gasteiger partial charge in [-0.05, 0) is 63.0 Å². The number of nitrogens with one attached hydrogen (secondary N) is 2. The number of urea groups is 1. The van der Waals surface area contributed by atoms with Crippen molar-refractivity contribution in [3.8, 4) is 0 Å². The Morgan fingerprint density at radius 2 is 2.00 bits per heavy atom. The van der Waals surface area contributed by atoms with E-state index in [1.54, 1.807) is 0 Å². The van der Waals surface area contributed by atoms with Crippen LogP contribution in [0.15, 0.2) is 28.7 Å². The molecule has 1 aromatic rings. The molecule has 0 radical (unpaired) electrons. The minimum absolute atomic E-state index is 0.0163. The number of carbonyl (C=O) groups is 1. The molecule has 1 aromatic carbocycles. The molecular formula is C18H27BrN4O. The summed E-state index contributed by atoms with van der Waals surface area (Å²) in [6.45, 7) is 4.90. The van der Waals surface area contributed by atoms with Gasteiger partial charge in [-0.25, -0.2) is 4.79 Å². The lowest BCUT2D eigenvalue weighted by atomic mass is 10.1. The summed E-state index contributed by atoms with van der Waals surface area (Å²) in [6, 6.07) is 8.72. The molecule has 0 aromatic heterocycles. The maximum Gasteiger partial charge on any atom is 0.315 e. The Bertz CT molecular complexity index is 550. The first-order valence-electron chi connectivity index (χ1n) is 8.83. The lowest BCUT2D eigenvalue weighted by molar-refractivity contribution is 0.208. The first-order chi connectivity index (χ1) is 11.6. The fourth-order valence-electron chi connectivity index (χ4n) is 3.64. The maximum atomic E-state index is 12.1. The second kappa shape index (κ2) is 8.21. The average Bonchev–Trinajstić information content (AvgIpc) is 3.03. The highest BCUT2D eigenvalue weighted by Crippen LogP contribution is 2.24. The van der Waals surface area contributed by atoms with Crippen LogP contribution in [0.2, 0.25) is 0 Å². The van der Waals surface area contributed by atoms with E-state index in [2.05, 4.69) is 67.7 Å². The number of piperidine rings is 1. The molecule has 0 saturated carbocycles. The van der Waals surface area contributed by atoms with Crippen molar-refractivity contribution in [2.75, 3.05) is 44.7 Å². The second-order valence-electron chi connectivity index (χ2n) is 7.03. The third-order valence-electron chi connectivity index (χ3n) is 4.99. The molecule has 3 rings (SSSR count). The topological polar surface area (TPSA) is 47.6 Å². The van der Waals surface area contributed by atoms with E-state index < -0.39 is 0 Å². The van der Waals surface area contributed by atoms with Crippen LogP contribution in [-0.2, 0) is 0 Å². The van der Waals surface area contributed by atoms with Gasteiger partial charge >= 0.3 is 6.03 Å². The number of likely N-dealkylation sites (N-methyl/N-ethyl adjacent to an activating group) is 1. The van der Waals surface area contributed by atoms with Crippen LogP contribution in [0.25, 0.3) is 0 Å². The van der Waals surface area contributed by atoms with Crippen molar-refractivity contribution in [3.63, 3.8) is 0 Å². The number of benzene rings is 1. The van der Waals surface area contributed by atoms with E-state index in [9.17, 15) is 4.79 Å². The van der Waals surface area contributed by atoms with Gasteiger partial charge in [0.15, 0.2) is 0 Å². The number of rotatable bonds is 4. The monoisotopic (exact) mass is 394 g/mol. The van der Waals surface area contributed by atoms with E-state index >= 15 is 0 Å². The van der Waals surface area contributed by atoms with Gasteiger partial charge in [-0.3, -0.25) is 0 Å². The number of halogens is 1.